The van der Waals surface area contributed by atoms with Crippen molar-refractivity contribution < 1.29 is 4.74 Å². The molecule has 0 saturated carbocycles. The van der Waals surface area contributed by atoms with Gasteiger partial charge in [-0.2, -0.15) is 0 Å². The van der Waals surface area contributed by atoms with Gasteiger partial charge in [-0.1, -0.05) is 51.3 Å². The molecule has 0 aromatic carbocycles. The van der Waals surface area contributed by atoms with Crippen LogP contribution in [0.25, 0.3) is 0 Å². The largest absolute Gasteiger partial charge is 0.371 e. The average molecular weight is 286 g/mol. The number of hydrogen-bond acceptors (Lipinski definition) is 3. The molecule has 0 saturated heterocycles. The van der Waals surface area contributed by atoms with E-state index in [2.05, 4.69) is 27.7 Å². The molecular weight excluding hydrogens is 262 g/mol. The third-order valence-corrected chi connectivity index (χ3v) is 12.6. The Morgan fingerprint density at radius 3 is 1.20 bits per heavy atom. The number of ether oxygens (including phenoxy) is 1. The Morgan fingerprint density at radius 1 is 0.733 bits per heavy atom. The molecule has 0 aliphatic heterocycles. The minimum absolute atomic E-state index is 0.799. The minimum atomic E-state index is -1.21. The van der Waals surface area contributed by atoms with Crippen molar-refractivity contribution in [1.29, 1.82) is 0 Å². The van der Waals surface area contributed by atoms with E-state index in [0.29, 0.717) is 0 Å². The van der Waals surface area contributed by atoms with E-state index in [9.17, 15) is 0 Å². The van der Waals surface area contributed by atoms with Crippen molar-refractivity contribution in [2.75, 3.05) is 37.3 Å². The van der Waals surface area contributed by atoms with Gasteiger partial charge in [0.2, 0.25) is 0 Å². The predicted octanol–water partition coefficient (Wildman–Crippen LogP) is 3.96. The Hall–Kier alpha value is 1.26. The standard InChI is InChI=1S/C10H24OP2S2/c1-5-12(14,6-2)9-11-10-13(15,7-3)8-4/h5-10H2,1-4H3. The highest BCUT2D eigenvalue weighted by Crippen LogP contribution is 2.49. The summed E-state index contributed by atoms with van der Waals surface area (Å²) in [6, 6.07) is -2.41. The summed E-state index contributed by atoms with van der Waals surface area (Å²) in [5, 5.41) is 0. The summed E-state index contributed by atoms with van der Waals surface area (Å²) in [4.78, 5) is 0. The maximum atomic E-state index is 5.82. The molecule has 0 aromatic rings. The fourth-order valence-electron chi connectivity index (χ4n) is 1.19. The normalized spacial score (nSPS) is 13.1. The highest BCUT2D eigenvalue weighted by molar-refractivity contribution is 8.15. The lowest BCUT2D eigenvalue weighted by atomic mass is 11.0. The Labute approximate surface area is 105 Å². The van der Waals surface area contributed by atoms with Gasteiger partial charge in [0.05, 0.1) is 12.7 Å². The molecular formula is C10H24OP2S2. The summed E-state index contributed by atoms with van der Waals surface area (Å²) in [5.74, 6) is 0. The van der Waals surface area contributed by atoms with Crippen molar-refractivity contribution in [3.05, 3.63) is 0 Å². The molecule has 0 spiro atoms. The molecule has 0 bridgehead atoms. The molecule has 92 valence electrons. The van der Waals surface area contributed by atoms with E-state index in [1.54, 1.807) is 0 Å². The first-order chi connectivity index (χ1) is 6.95. The Kier molecular flexibility index (Phi) is 8.19. The lowest BCUT2D eigenvalue weighted by Gasteiger charge is -2.22. The van der Waals surface area contributed by atoms with E-state index in [1.807, 2.05) is 0 Å². The Balaban J connectivity index is 4.08. The van der Waals surface area contributed by atoms with Crippen LogP contribution in [-0.2, 0) is 28.4 Å². The van der Waals surface area contributed by atoms with Crippen molar-refractivity contribution in [2.45, 2.75) is 27.7 Å². The molecule has 0 amide bonds. The van der Waals surface area contributed by atoms with Gasteiger partial charge in [0.25, 0.3) is 0 Å². The van der Waals surface area contributed by atoms with Crippen LogP contribution in [0.3, 0.4) is 0 Å². The third kappa shape index (κ3) is 5.94. The van der Waals surface area contributed by atoms with Crippen LogP contribution >= 0.6 is 12.1 Å². The molecule has 0 aromatic heterocycles. The van der Waals surface area contributed by atoms with Gasteiger partial charge >= 0.3 is 0 Å². The summed E-state index contributed by atoms with van der Waals surface area (Å²) >= 11 is 11.3. The predicted molar refractivity (Wildman–Crippen MR) is 81.6 cm³/mol. The molecule has 5 heteroatoms. The van der Waals surface area contributed by atoms with Gasteiger partial charge in [0.15, 0.2) is 0 Å². The Morgan fingerprint density at radius 2 is 1.00 bits per heavy atom. The summed E-state index contributed by atoms with van der Waals surface area (Å²) in [7, 11) is 0. The second-order valence-corrected chi connectivity index (χ2v) is 15.8. The van der Waals surface area contributed by atoms with Gasteiger partial charge in [-0.05, 0) is 36.7 Å². The van der Waals surface area contributed by atoms with Gasteiger partial charge < -0.3 is 4.74 Å². The second kappa shape index (κ2) is 7.56. The maximum absolute atomic E-state index is 5.82. The van der Waals surface area contributed by atoms with Crippen LogP contribution < -0.4 is 0 Å². The lowest BCUT2D eigenvalue weighted by Crippen LogP contribution is -2.04. The quantitative estimate of drug-likeness (QED) is 0.625. The molecule has 1 nitrogen and oxygen atoms in total. The Bertz CT molecular complexity index is 224. The van der Waals surface area contributed by atoms with Crippen molar-refractivity contribution in [3.8, 4) is 0 Å². The van der Waals surface area contributed by atoms with E-state index < -0.39 is 12.1 Å². The molecule has 0 aliphatic rings. The van der Waals surface area contributed by atoms with Gasteiger partial charge in [0.1, 0.15) is 0 Å². The average Bonchev–Trinajstić information content (AvgIpc) is 2.28. The van der Waals surface area contributed by atoms with Crippen LogP contribution in [0, 0.1) is 0 Å². The zero-order valence-corrected chi connectivity index (χ0v) is 13.8. The van der Waals surface area contributed by atoms with Crippen LogP contribution in [0.15, 0.2) is 0 Å². The monoisotopic (exact) mass is 286 g/mol. The van der Waals surface area contributed by atoms with E-state index >= 15 is 0 Å². The van der Waals surface area contributed by atoms with Crippen molar-refractivity contribution in [3.63, 3.8) is 0 Å². The molecule has 0 fully saturated rings. The van der Waals surface area contributed by atoms with Crippen LogP contribution in [0.4, 0.5) is 0 Å². The van der Waals surface area contributed by atoms with Crippen LogP contribution in [0.1, 0.15) is 27.7 Å². The SMILES string of the molecule is CCP(=S)(CC)COCP(=S)(CC)CC. The first kappa shape index (κ1) is 16.3. The molecule has 0 N–H and O–H groups in total. The van der Waals surface area contributed by atoms with Crippen LogP contribution in [0.2, 0.25) is 0 Å². The number of rotatable bonds is 8. The van der Waals surface area contributed by atoms with E-state index in [1.165, 1.54) is 0 Å². The lowest BCUT2D eigenvalue weighted by molar-refractivity contribution is 0.232. The smallest absolute Gasteiger partial charge is 0.0757 e. The highest BCUT2D eigenvalue weighted by atomic mass is 32.4. The van der Waals surface area contributed by atoms with Gasteiger partial charge in [-0.15, -0.1) is 0 Å². The molecule has 0 atom stereocenters. The van der Waals surface area contributed by atoms with E-state index in [4.69, 9.17) is 28.4 Å². The van der Waals surface area contributed by atoms with Crippen molar-refractivity contribution in [2.24, 2.45) is 0 Å². The summed E-state index contributed by atoms with van der Waals surface area (Å²) in [5.41, 5.74) is 0. The maximum Gasteiger partial charge on any atom is 0.0757 e. The van der Waals surface area contributed by atoms with Gasteiger partial charge in [0, 0.05) is 0 Å². The molecule has 0 aliphatic carbocycles. The van der Waals surface area contributed by atoms with E-state index in [-0.39, 0.29) is 0 Å². The van der Waals surface area contributed by atoms with E-state index in [0.717, 1.165) is 37.3 Å². The fraction of sp³-hybridized carbons (Fsp3) is 1.00. The van der Waals surface area contributed by atoms with Crippen molar-refractivity contribution in [1.82, 2.24) is 0 Å². The van der Waals surface area contributed by atoms with Crippen LogP contribution in [-0.4, -0.2) is 37.3 Å². The number of hydrogen-bond donors (Lipinski definition) is 0. The molecule has 0 heterocycles. The topological polar surface area (TPSA) is 9.23 Å². The molecule has 15 heavy (non-hydrogen) atoms. The molecule has 0 radical (unpaired) electrons. The first-order valence-corrected chi connectivity index (χ1v) is 12.4. The first-order valence-electron chi connectivity index (χ1n) is 5.67. The van der Waals surface area contributed by atoms with Gasteiger partial charge in [-0.25, -0.2) is 0 Å². The molecule has 0 rings (SSSR count). The third-order valence-electron chi connectivity index (χ3n) is 2.96. The second-order valence-electron chi connectivity index (χ2n) is 3.84. The highest BCUT2D eigenvalue weighted by Gasteiger charge is 2.16. The minimum Gasteiger partial charge on any atom is -0.371 e. The summed E-state index contributed by atoms with van der Waals surface area (Å²) in [6.45, 7) is 8.74. The van der Waals surface area contributed by atoms with Gasteiger partial charge in [-0.3, -0.25) is 0 Å². The molecule has 0 unspecified atom stereocenters. The zero-order chi connectivity index (χ0) is 11.9. The summed E-state index contributed by atoms with van der Waals surface area (Å²) < 4.78 is 5.82. The van der Waals surface area contributed by atoms with Crippen molar-refractivity contribution >= 4 is 35.7 Å². The van der Waals surface area contributed by atoms with Crippen LogP contribution in [0.5, 0.6) is 0 Å². The fourth-order valence-corrected chi connectivity index (χ4v) is 4.25. The zero-order valence-electron chi connectivity index (χ0n) is 10.4. The summed E-state index contributed by atoms with van der Waals surface area (Å²) in [6.07, 6.45) is 6.04.